The molecule has 0 amide bonds. The molecule has 10 aliphatic rings. The molecule has 3 N–H and O–H groups in total. The van der Waals surface area contributed by atoms with Crippen molar-refractivity contribution in [2.75, 3.05) is 0 Å². The standard InChI is InChI=1S/C12H22O.2C11H18O/c1-12(13)8-10-4-2-5-11(9-12)7-3-6-10;1-11(12)9-3-7-2-8(5-9)6-10(11)4-7;1-11(12)6-7-5-10(11)9-4-2-3-8(7)9/h10-11,13H,2-9H2,1H3;2*7-10,12H,2-6H2,1H3. The Hall–Kier alpha value is -0.120. The van der Waals surface area contributed by atoms with Crippen molar-refractivity contribution in [3.63, 3.8) is 0 Å². The molecule has 212 valence electrons. The van der Waals surface area contributed by atoms with Crippen LogP contribution in [-0.4, -0.2) is 32.1 Å². The van der Waals surface area contributed by atoms with Crippen LogP contribution in [0.4, 0.5) is 0 Å². The highest BCUT2D eigenvalue weighted by atomic mass is 16.3. The Morgan fingerprint density at radius 1 is 0.514 bits per heavy atom. The maximum atomic E-state index is 10.3. The van der Waals surface area contributed by atoms with E-state index < -0.39 is 0 Å². The minimum atomic E-state index is -0.351. The minimum absolute atomic E-state index is 0.295. The van der Waals surface area contributed by atoms with Gasteiger partial charge in [-0.15, -0.1) is 0 Å². The molecule has 3 nitrogen and oxygen atoms in total. The second kappa shape index (κ2) is 10.1. The van der Waals surface area contributed by atoms with E-state index in [4.69, 9.17) is 0 Å². The predicted octanol–water partition coefficient (Wildman–Crippen LogP) is 7.50. The molecule has 37 heavy (non-hydrogen) atoms. The maximum Gasteiger partial charge on any atom is 0.0676 e. The Kier molecular flexibility index (Phi) is 7.36. The summed E-state index contributed by atoms with van der Waals surface area (Å²) in [5.41, 5.74) is -0.945. The van der Waals surface area contributed by atoms with Crippen molar-refractivity contribution in [2.45, 2.75) is 153 Å². The number of fused-ring (bicyclic) bond motifs is 11. The summed E-state index contributed by atoms with van der Waals surface area (Å²) < 4.78 is 0. The van der Waals surface area contributed by atoms with Gasteiger partial charge in [0.15, 0.2) is 0 Å². The number of rotatable bonds is 0. The van der Waals surface area contributed by atoms with Crippen LogP contribution in [0.2, 0.25) is 0 Å². The van der Waals surface area contributed by atoms with Gasteiger partial charge in [0.2, 0.25) is 0 Å². The molecule has 5 unspecified atom stereocenters. The van der Waals surface area contributed by atoms with Gasteiger partial charge in [-0.2, -0.15) is 0 Å². The predicted molar refractivity (Wildman–Crippen MR) is 150 cm³/mol. The third-order valence-corrected chi connectivity index (χ3v) is 13.5. The lowest BCUT2D eigenvalue weighted by Crippen LogP contribution is -2.55. The minimum Gasteiger partial charge on any atom is -0.390 e. The molecule has 10 fully saturated rings. The first-order valence-electron chi connectivity index (χ1n) is 16.7. The zero-order valence-corrected chi connectivity index (χ0v) is 24.3. The van der Waals surface area contributed by atoms with E-state index in [1.165, 1.54) is 96.3 Å². The third-order valence-electron chi connectivity index (χ3n) is 13.5. The van der Waals surface area contributed by atoms with Crippen LogP contribution in [0.25, 0.3) is 0 Å². The smallest absolute Gasteiger partial charge is 0.0676 e. The summed E-state index contributed by atoms with van der Waals surface area (Å²) in [6.45, 7) is 6.19. The first kappa shape index (κ1) is 27.1. The van der Waals surface area contributed by atoms with Gasteiger partial charge < -0.3 is 15.3 Å². The van der Waals surface area contributed by atoms with Crippen LogP contribution in [0.1, 0.15) is 136 Å². The summed E-state index contributed by atoms with van der Waals surface area (Å²) in [4.78, 5) is 0. The normalized spacial score (nSPS) is 56.9. The fourth-order valence-corrected chi connectivity index (χ4v) is 12.0. The zero-order chi connectivity index (χ0) is 26.0. The van der Waals surface area contributed by atoms with Crippen molar-refractivity contribution in [2.24, 2.45) is 59.2 Å². The fourth-order valence-electron chi connectivity index (χ4n) is 12.0. The molecule has 0 aliphatic heterocycles. The summed E-state index contributed by atoms with van der Waals surface area (Å²) >= 11 is 0. The molecule has 0 aromatic rings. The van der Waals surface area contributed by atoms with Crippen molar-refractivity contribution >= 4 is 0 Å². The number of hydrogen-bond donors (Lipinski definition) is 3. The molecule has 3 heteroatoms. The Balaban J connectivity index is 0.000000102. The molecule has 0 aromatic carbocycles. The van der Waals surface area contributed by atoms with Gasteiger partial charge in [-0.05, 0) is 151 Å². The van der Waals surface area contributed by atoms with Crippen LogP contribution >= 0.6 is 0 Å². The largest absolute Gasteiger partial charge is 0.390 e. The van der Waals surface area contributed by atoms with Crippen LogP contribution in [0.5, 0.6) is 0 Å². The SMILES string of the molecule is CC1(O)C2CC3CC(C2)CC1C3.CC1(O)CC2CC1C1CCCC21.CC1(O)CC2CCCC(CCC2)C1. The molecular formula is C34H58O3. The van der Waals surface area contributed by atoms with E-state index in [9.17, 15) is 15.3 Å². The van der Waals surface area contributed by atoms with Gasteiger partial charge in [0.25, 0.3) is 0 Å². The summed E-state index contributed by atoms with van der Waals surface area (Å²) in [6, 6.07) is 0. The average Bonchev–Trinajstić information content (AvgIpc) is 3.46. The highest BCUT2D eigenvalue weighted by molar-refractivity contribution is 5.08. The summed E-state index contributed by atoms with van der Waals surface area (Å²) in [7, 11) is 0. The second-order valence-corrected chi connectivity index (χ2v) is 16.5. The van der Waals surface area contributed by atoms with Crippen LogP contribution in [-0.2, 0) is 0 Å². The first-order chi connectivity index (χ1) is 17.5. The average molecular weight is 515 g/mol. The molecule has 10 aliphatic carbocycles. The van der Waals surface area contributed by atoms with Crippen molar-refractivity contribution in [1.82, 2.24) is 0 Å². The summed E-state index contributed by atoms with van der Waals surface area (Å²) in [6.07, 6.45) is 23.9. The number of hydrogen-bond acceptors (Lipinski definition) is 3. The zero-order valence-electron chi connectivity index (χ0n) is 24.3. The van der Waals surface area contributed by atoms with Gasteiger partial charge in [0.1, 0.15) is 0 Å². The van der Waals surface area contributed by atoms with Crippen LogP contribution in [0.15, 0.2) is 0 Å². The highest BCUT2D eigenvalue weighted by Crippen LogP contribution is 2.62. The topological polar surface area (TPSA) is 60.7 Å². The van der Waals surface area contributed by atoms with Gasteiger partial charge in [-0.1, -0.05) is 44.9 Å². The quantitative estimate of drug-likeness (QED) is 0.313. The fraction of sp³-hybridized carbons (Fsp3) is 1.00. The molecule has 0 spiro atoms. The molecule has 0 heterocycles. The molecule has 0 aromatic heterocycles. The van der Waals surface area contributed by atoms with Gasteiger partial charge in [-0.3, -0.25) is 0 Å². The highest BCUT2D eigenvalue weighted by Gasteiger charge is 2.58. The first-order valence-corrected chi connectivity index (χ1v) is 16.7. The Bertz CT molecular complexity index is 743. The monoisotopic (exact) mass is 514 g/mol. The van der Waals surface area contributed by atoms with Crippen LogP contribution < -0.4 is 0 Å². The summed E-state index contributed by atoms with van der Waals surface area (Å²) in [5.74, 6) is 8.34. The van der Waals surface area contributed by atoms with E-state index in [0.29, 0.717) is 17.8 Å². The van der Waals surface area contributed by atoms with Crippen molar-refractivity contribution < 1.29 is 15.3 Å². The number of aliphatic hydroxyl groups is 3. The maximum absolute atomic E-state index is 10.3. The van der Waals surface area contributed by atoms with E-state index >= 15 is 0 Å². The van der Waals surface area contributed by atoms with Gasteiger partial charge in [0, 0.05) is 0 Å². The third kappa shape index (κ3) is 5.46. The molecule has 10 saturated carbocycles. The van der Waals surface area contributed by atoms with Crippen LogP contribution in [0.3, 0.4) is 0 Å². The molecule has 0 saturated heterocycles. The molecule has 8 bridgehead atoms. The Labute approximate surface area is 227 Å². The lowest BCUT2D eigenvalue weighted by Gasteiger charge is -2.57. The van der Waals surface area contributed by atoms with E-state index in [-0.39, 0.29) is 16.8 Å². The van der Waals surface area contributed by atoms with Gasteiger partial charge in [-0.25, -0.2) is 0 Å². The molecular weight excluding hydrogens is 456 g/mol. The van der Waals surface area contributed by atoms with Crippen molar-refractivity contribution in [3.05, 3.63) is 0 Å². The van der Waals surface area contributed by atoms with Gasteiger partial charge in [0.05, 0.1) is 16.8 Å². The Morgan fingerprint density at radius 3 is 1.54 bits per heavy atom. The van der Waals surface area contributed by atoms with E-state index in [1.54, 1.807) is 0 Å². The molecule has 10 rings (SSSR count). The van der Waals surface area contributed by atoms with E-state index in [1.807, 2.05) is 6.92 Å². The van der Waals surface area contributed by atoms with E-state index in [0.717, 1.165) is 60.7 Å². The lowest BCUT2D eigenvalue weighted by atomic mass is 9.50. The van der Waals surface area contributed by atoms with E-state index in [2.05, 4.69) is 13.8 Å². The Morgan fingerprint density at radius 2 is 1.00 bits per heavy atom. The van der Waals surface area contributed by atoms with Crippen molar-refractivity contribution in [3.8, 4) is 0 Å². The molecule has 5 atom stereocenters. The molecule has 0 radical (unpaired) electrons. The second-order valence-electron chi connectivity index (χ2n) is 16.5. The lowest BCUT2D eigenvalue weighted by molar-refractivity contribution is -0.161. The van der Waals surface area contributed by atoms with Crippen molar-refractivity contribution in [1.29, 1.82) is 0 Å². The van der Waals surface area contributed by atoms with Gasteiger partial charge >= 0.3 is 0 Å². The van der Waals surface area contributed by atoms with Crippen LogP contribution in [0, 0.1) is 59.2 Å². The summed E-state index contributed by atoms with van der Waals surface area (Å²) in [5, 5.41) is 30.6.